The monoisotopic (exact) mass is 467 g/mol. The zero-order valence-corrected chi connectivity index (χ0v) is 19.5. The quantitative estimate of drug-likeness (QED) is 0.694. The Bertz CT molecular complexity index is 1120. The largest absolute Gasteiger partial charge is 0.342 e. The van der Waals surface area contributed by atoms with Gasteiger partial charge in [-0.15, -0.1) is 0 Å². The number of benzene rings is 1. The highest BCUT2D eigenvalue weighted by Crippen LogP contribution is 2.27. The average molecular weight is 468 g/mol. The van der Waals surface area contributed by atoms with Gasteiger partial charge in [0.25, 0.3) is 11.8 Å². The van der Waals surface area contributed by atoms with Crippen LogP contribution in [0.15, 0.2) is 24.3 Å². The number of fused-ring (bicyclic) bond motifs is 1. The van der Waals surface area contributed by atoms with Crippen LogP contribution in [0.3, 0.4) is 0 Å². The Morgan fingerprint density at radius 3 is 2.44 bits per heavy atom. The van der Waals surface area contributed by atoms with Crippen molar-refractivity contribution in [1.82, 2.24) is 24.5 Å². The lowest BCUT2D eigenvalue weighted by atomic mass is 9.95. The van der Waals surface area contributed by atoms with Crippen molar-refractivity contribution in [3.8, 4) is 0 Å². The van der Waals surface area contributed by atoms with E-state index in [9.17, 15) is 18.8 Å². The SMILES string of the molecule is Cn1nc(C(=O)N2CCCC(C(=O)N3CCCC3)C2)c2c1CCN(C(=O)c1ccccc1F)C2. The van der Waals surface area contributed by atoms with Gasteiger partial charge in [-0.25, -0.2) is 4.39 Å². The van der Waals surface area contributed by atoms with Gasteiger partial charge in [0.05, 0.1) is 18.0 Å². The van der Waals surface area contributed by atoms with Crippen molar-refractivity contribution in [2.24, 2.45) is 13.0 Å². The summed E-state index contributed by atoms with van der Waals surface area (Å²) in [4.78, 5) is 44.7. The van der Waals surface area contributed by atoms with Crippen molar-refractivity contribution in [2.75, 3.05) is 32.7 Å². The molecule has 0 radical (unpaired) electrons. The maximum absolute atomic E-state index is 14.2. The summed E-state index contributed by atoms with van der Waals surface area (Å²) in [5.74, 6) is -1.16. The van der Waals surface area contributed by atoms with Crippen LogP contribution in [-0.4, -0.2) is 74.9 Å². The van der Waals surface area contributed by atoms with Crippen LogP contribution in [0.1, 0.15) is 57.8 Å². The van der Waals surface area contributed by atoms with Gasteiger partial charge in [-0.2, -0.15) is 5.10 Å². The van der Waals surface area contributed by atoms with E-state index < -0.39 is 5.82 Å². The van der Waals surface area contributed by atoms with E-state index in [1.54, 1.807) is 33.7 Å². The molecule has 1 aromatic heterocycles. The first-order valence-corrected chi connectivity index (χ1v) is 12.1. The third kappa shape index (κ3) is 4.08. The first-order chi connectivity index (χ1) is 16.4. The second-order valence-electron chi connectivity index (χ2n) is 9.48. The number of amides is 3. The van der Waals surface area contributed by atoms with E-state index >= 15 is 0 Å². The van der Waals surface area contributed by atoms with Gasteiger partial charge < -0.3 is 14.7 Å². The number of aryl methyl sites for hydroxylation is 1. The number of carbonyl (C=O) groups excluding carboxylic acids is 3. The van der Waals surface area contributed by atoms with Gasteiger partial charge in [-0.1, -0.05) is 12.1 Å². The normalized spacial score (nSPS) is 20.4. The number of halogens is 1. The second-order valence-corrected chi connectivity index (χ2v) is 9.48. The number of aromatic nitrogens is 2. The van der Waals surface area contributed by atoms with Crippen molar-refractivity contribution in [3.63, 3.8) is 0 Å². The van der Waals surface area contributed by atoms with Crippen LogP contribution in [-0.2, 0) is 24.8 Å². The Kier molecular flexibility index (Phi) is 6.10. The molecule has 0 N–H and O–H groups in total. The van der Waals surface area contributed by atoms with Crippen LogP contribution in [0, 0.1) is 11.7 Å². The molecule has 0 saturated carbocycles. The highest BCUT2D eigenvalue weighted by Gasteiger charge is 2.36. The van der Waals surface area contributed by atoms with Gasteiger partial charge in [0, 0.05) is 57.4 Å². The van der Waals surface area contributed by atoms with Crippen molar-refractivity contribution < 1.29 is 18.8 Å². The Labute approximate surface area is 198 Å². The molecule has 3 aliphatic rings. The number of hydrogen-bond acceptors (Lipinski definition) is 4. The van der Waals surface area contributed by atoms with Gasteiger partial charge in [0.2, 0.25) is 5.91 Å². The minimum atomic E-state index is -0.553. The molecule has 9 heteroatoms. The lowest BCUT2D eigenvalue weighted by Crippen LogP contribution is -2.46. The molecule has 2 aromatic rings. The Morgan fingerprint density at radius 2 is 1.68 bits per heavy atom. The summed E-state index contributed by atoms with van der Waals surface area (Å²) in [6.45, 7) is 3.25. The average Bonchev–Trinajstić information content (AvgIpc) is 3.51. The number of nitrogens with zero attached hydrogens (tertiary/aromatic N) is 5. The summed E-state index contributed by atoms with van der Waals surface area (Å²) in [7, 11) is 1.81. The molecule has 0 bridgehead atoms. The fourth-order valence-corrected chi connectivity index (χ4v) is 5.45. The van der Waals surface area contributed by atoms with Crippen LogP contribution in [0.2, 0.25) is 0 Å². The van der Waals surface area contributed by atoms with E-state index in [1.807, 2.05) is 4.90 Å². The number of hydrogen-bond donors (Lipinski definition) is 0. The molecule has 4 heterocycles. The molecule has 8 nitrogen and oxygen atoms in total. The first-order valence-electron chi connectivity index (χ1n) is 12.1. The molecule has 3 amide bonds. The number of carbonyl (C=O) groups is 3. The molecule has 34 heavy (non-hydrogen) atoms. The van der Waals surface area contributed by atoms with Gasteiger partial charge in [0.15, 0.2) is 5.69 Å². The summed E-state index contributed by atoms with van der Waals surface area (Å²) in [5.41, 5.74) is 2.00. The van der Waals surface area contributed by atoms with Crippen molar-refractivity contribution in [2.45, 2.75) is 38.6 Å². The molecule has 0 spiro atoms. The third-order valence-corrected chi connectivity index (χ3v) is 7.31. The highest BCUT2D eigenvalue weighted by molar-refractivity contribution is 5.96. The van der Waals surface area contributed by atoms with Gasteiger partial charge in [0.1, 0.15) is 5.82 Å². The topological polar surface area (TPSA) is 78.8 Å². The zero-order chi connectivity index (χ0) is 23.8. The highest BCUT2D eigenvalue weighted by atomic mass is 19.1. The third-order valence-electron chi connectivity index (χ3n) is 7.31. The number of piperidine rings is 1. The molecular formula is C25H30FN5O3. The smallest absolute Gasteiger partial charge is 0.274 e. The van der Waals surface area contributed by atoms with Crippen molar-refractivity contribution in [1.29, 1.82) is 0 Å². The molecule has 180 valence electrons. The summed E-state index contributed by atoms with van der Waals surface area (Å²) in [6, 6.07) is 5.95. The van der Waals surface area contributed by atoms with Crippen LogP contribution in [0.25, 0.3) is 0 Å². The summed E-state index contributed by atoms with van der Waals surface area (Å²) in [6.07, 6.45) is 4.21. The van der Waals surface area contributed by atoms with Crippen LogP contribution < -0.4 is 0 Å². The molecule has 2 fully saturated rings. The predicted octanol–water partition coefficient (Wildman–Crippen LogP) is 2.23. The minimum absolute atomic E-state index is 0.0296. The molecule has 1 atom stereocenters. The van der Waals surface area contributed by atoms with Crippen LogP contribution in [0.5, 0.6) is 0 Å². The fraction of sp³-hybridized carbons (Fsp3) is 0.520. The van der Waals surface area contributed by atoms with E-state index in [-0.39, 0.29) is 35.7 Å². The van der Waals surface area contributed by atoms with E-state index in [2.05, 4.69) is 5.10 Å². The molecule has 3 aliphatic heterocycles. The fourth-order valence-electron chi connectivity index (χ4n) is 5.45. The van der Waals surface area contributed by atoms with E-state index in [0.29, 0.717) is 31.7 Å². The van der Waals surface area contributed by atoms with Gasteiger partial charge in [-0.3, -0.25) is 19.1 Å². The Morgan fingerprint density at radius 1 is 0.941 bits per heavy atom. The first kappa shape index (κ1) is 22.6. The lowest BCUT2D eigenvalue weighted by molar-refractivity contribution is -0.135. The maximum Gasteiger partial charge on any atom is 0.274 e. The Hall–Kier alpha value is -3.23. The molecule has 0 aliphatic carbocycles. The number of likely N-dealkylation sites (tertiary alicyclic amines) is 2. The summed E-state index contributed by atoms with van der Waals surface area (Å²) >= 11 is 0. The second kappa shape index (κ2) is 9.19. The summed E-state index contributed by atoms with van der Waals surface area (Å²) < 4.78 is 15.9. The standard InChI is InChI=1S/C25H30FN5O3/c1-28-21-10-14-31(24(33)18-8-2-3-9-20(18)26)16-19(21)22(27-28)25(34)30-13-6-7-17(15-30)23(32)29-11-4-5-12-29/h2-3,8-9,17H,4-7,10-16H2,1H3. The molecule has 5 rings (SSSR count). The Balaban J connectivity index is 1.34. The predicted molar refractivity (Wildman–Crippen MR) is 122 cm³/mol. The molecular weight excluding hydrogens is 437 g/mol. The van der Waals surface area contributed by atoms with Crippen LogP contribution >= 0.6 is 0 Å². The maximum atomic E-state index is 14.2. The van der Waals surface area contributed by atoms with Crippen LogP contribution in [0.4, 0.5) is 4.39 Å². The van der Waals surface area contributed by atoms with Gasteiger partial charge in [-0.05, 0) is 37.8 Å². The van der Waals surface area contributed by atoms with E-state index in [1.165, 1.54) is 12.1 Å². The van der Waals surface area contributed by atoms with Gasteiger partial charge >= 0.3 is 0 Å². The molecule has 2 saturated heterocycles. The minimum Gasteiger partial charge on any atom is -0.342 e. The zero-order valence-electron chi connectivity index (χ0n) is 19.5. The van der Waals surface area contributed by atoms with Crippen molar-refractivity contribution in [3.05, 3.63) is 52.6 Å². The van der Waals surface area contributed by atoms with E-state index in [4.69, 9.17) is 0 Å². The number of rotatable bonds is 3. The van der Waals surface area contributed by atoms with Crippen molar-refractivity contribution >= 4 is 17.7 Å². The lowest BCUT2D eigenvalue weighted by Gasteiger charge is -2.34. The molecule has 1 aromatic carbocycles. The molecule has 1 unspecified atom stereocenters. The van der Waals surface area contributed by atoms with E-state index in [0.717, 1.165) is 50.0 Å². The summed E-state index contributed by atoms with van der Waals surface area (Å²) in [5, 5.41) is 4.52.